The maximum absolute atomic E-state index is 12.6. The molecule has 0 radical (unpaired) electrons. The third-order valence-corrected chi connectivity index (χ3v) is 5.33. The average molecular weight is 364 g/mol. The molecule has 1 aromatic rings. The van der Waals surface area contributed by atoms with Gasteiger partial charge in [-0.15, -0.1) is 0 Å². The van der Waals surface area contributed by atoms with Crippen molar-refractivity contribution in [2.75, 3.05) is 13.2 Å². The summed E-state index contributed by atoms with van der Waals surface area (Å²) in [6.45, 7) is 10.4. The Labute approximate surface area is 156 Å². The number of nitrogens with two attached hydrogens (primary N) is 1. The van der Waals surface area contributed by atoms with E-state index in [1.165, 1.54) is 0 Å². The van der Waals surface area contributed by atoms with Crippen molar-refractivity contribution in [2.45, 2.75) is 64.9 Å². The number of amides is 1. The van der Waals surface area contributed by atoms with Gasteiger partial charge in [-0.1, -0.05) is 26.0 Å². The van der Waals surface area contributed by atoms with Crippen molar-refractivity contribution in [3.8, 4) is 5.75 Å². The molecule has 3 atom stereocenters. The Kier molecular flexibility index (Phi) is 6.32. The topological polar surface area (TPSA) is 93.8 Å². The molecule has 6 nitrogen and oxygen atoms in total. The predicted molar refractivity (Wildman–Crippen MR) is 101 cm³/mol. The van der Waals surface area contributed by atoms with Crippen LogP contribution in [0.5, 0.6) is 5.75 Å². The highest BCUT2D eigenvalue weighted by molar-refractivity contribution is 5.88. The first kappa shape index (κ1) is 20.7. The van der Waals surface area contributed by atoms with Crippen LogP contribution in [0, 0.1) is 5.41 Å². The van der Waals surface area contributed by atoms with Gasteiger partial charge in [0.1, 0.15) is 11.3 Å². The first-order valence-electron chi connectivity index (χ1n) is 9.25. The van der Waals surface area contributed by atoms with Crippen molar-refractivity contribution in [1.82, 2.24) is 5.32 Å². The van der Waals surface area contributed by atoms with Crippen LogP contribution in [-0.4, -0.2) is 41.9 Å². The van der Waals surface area contributed by atoms with Crippen LogP contribution in [0.25, 0.3) is 0 Å². The predicted octanol–water partition coefficient (Wildman–Crippen LogP) is 2.16. The van der Waals surface area contributed by atoms with Crippen LogP contribution in [0.3, 0.4) is 0 Å². The number of hydrogen-bond donors (Lipinski definition) is 3. The molecule has 1 aliphatic rings. The highest BCUT2D eigenvalue weighted by atomic mass is 16.5. The van der Waals surface area contributed by atoms with Crippen LogP contribution in [-0.2, 0) is 9.53 Å². The molecule has 1 saturated carbocycles. The minimum Gasteiger partial charge on any atom is -0.491 e. The van der Waals surface area contributed by atoms with Crippen molar-refractivity contribution >= 4 is 5.91 Å². The highest BCUT2D eigenvalue weighted by Crippen LogP contribution is 2.49. The van der Waals surface area contributed by atoms with Gasteiger partial charge in [0.25, 0.3) is 0 Å². The number of benzene rings is 1. The molecule has 0 heterocycles. The Morgan fingerprint density at radius 2 is 1.96 bits per heavy atom. The summed E-state index contributed by atoms with van der Waals surface area (Å²) < 4.78 is 11.2. The van der Waals surface area contributed by atoms with Gasteiger partial charge in [-0.3, -0.25) is 4.79 Å². The van der Waals surface area contributed by atoms with Crippen LogP contribution in [0.15, 0.2) is 24.3 Å². The van der Waals surface area contributed by atoms with E-state index in [9.17, 15) is 9.90 Å². The van der Waals surface area contributed by atoms with Gasteiger partial charge in [0.05, 0.1) is 18.3 Å². The zero-order valence-corrected chi connectivity index (χ0v) is 16.4. The number of carbonyl (C=O) groups excluding carboxylic acids is 1. The van der Waals surface area contributed by atoms with Gasteiger partial charge < -0.3 is 25.6 Å². The quantitative estimate of drug-likeness (QED) is 0.657. The Hall–Kier alpha value is -1.63. The third-order valence-electron chi connectivity index (χ3n) is 5.33. The molecule has 0 aliphatic heterocycles. The summed E-state index contributed by atoms with van der Waals surface area (Å²) in [5.74, 6) is 0.497. The van der Waals surface area contributed by atoms with Crippen molar-refractivity contribution in [3.63, 3.8) is 0 Å². The van der Waals surface area contributed by atoms with Gasteiger partial charge in [0.15, 0.2) is 0 Å². The average Bonchev–Trinajstić information content (AvgIpc) is 2.59. The molecule has 3 unspecified atom stereocenters. The first-order valence-corrected chi connectivity index (χ1v) is 9.25. The molecule has 1 amide bonds. The second-order valence-electron chi connectivity index (χ2n) is 7.80. The molecule has 1 aliphatic carbocycles. The Bertz CT molecular complexity index is 615. The fourth-order valence-electron chi connectivity index (χ4n) is 3.33. The Morgan fingerprint density at radius 1 is 1.35 bits per heavy atom. The SMILES string of the molecule is CCOC1CC(N)(C(=O)NCC(O)c2ccc(OC(C)C)cc2)C1(C)C. The number of carbonyl (C=O) groups is 1. The number of ether oxygens (including phenoxy) is 2. The summed E-state index contributed by atoms with van der Waals surface area (Å²) >= 11 is 0. The van der Waals surface area contributed by atoms with Gasteiger partial charge in [-0.05, 0) is 38.5 Å². The van der Waals surface area contributed by atoms with Crippen LogP contribution in [0.1, 0.15) is 52.7 Å². The molecular formula is C20H32N2O4. The lowest BCUT2D eigenvalue weighted by atomic mass is 9.54. The van der Waals surface area contributed by atoms with E-state index in [2.05, 4.69) is 5.32 Å². The summed E-state index contributed by atoms with van der Waals surface area (Å²) in [6.07, 6.45) is -0.253. The van der Waals surface area contributed by atoms with Crippen molar-refractivity contribution in [1.29, 1.82) is 0 Å². The third kappa shape index (κ3) is 4.03. The molecule has 0 spiro atoms. The molecule has 0 aromatic heterocycles. The second-order valence-corrected chi connectivity index (χ2v) is 7.80. The van der Waals surface area contributed by atoms with Gasteiger partial charge in [0, 0.05) is 25.0 Å². The molecule has 1 aromatic carbocycles. The number of aliphatic hydroxyl groups excluding tert-OH is 1. The highest BCUT2D eigenvalue weighted by Gasteiger charge is 2.62. The van der Waals surface area contributed by atoms with Crippen molar-refractivity contribution in [3.05, 3.63) is 29.8 Å². The molecule has 26 heavy (non-hydrogen) atoms. The van der Waals surface area contributed by atoms with E-state index in [1.807, 2.05) is 46.8 Å². The lowest BCUT2D eigenvalue weighted by Gasteiger charge is -2.57. The van der Waals surface area contributed by atoms with E-state index in [-0.39, 0.29) is 24.7 Å². The molecule has 1 fully saturated rings. The normalized spacial score (nSPS) is 25.5. The lowest BCUT2D eigenvalue weighted by Crippen LogP contribution is -2.75. The van der Waals surface area contributed by atoms with E-state index in [1.54, 1.807) is 12.1 Å². The molecule has 6 heteroatoms. The van der Waals surface area contributed by atoms with Gasteiger partial charge in [-0.2, -0.15) is 0 Å². The first-order chi connectivity index (χ1) is 12.1. The van der Waals surface area contributed by atoms with E-state index >= 15 is 0 Å². The molecule has 4 N–H and O–H groups in total. The minimum atomic E-state index is -0.985. The molecule has 0 saturated heterocycles. The molecule has 2 rings (SSSR count). The summed E-state index contributed by atoms with van der Waals surface area (Å²) in [6, 6.07) is 7.22. The number of hydrogen-bond acceptors (Lipinski definition) is 5. The number of aliphatic hydroxyl groups is 1. The van der Waals surface area contributed by atoms with Crippen LogP contribution < -0.4 is 15.8 Å². The molecule has 146 valence electrons. The maximum atomic E-state index is 12.6. The van der Waals surface area contributed by atoms with E-state index in [0.29, 0.717) is 18.6 Å². The van der Waals surface area contributed by atoms with Crippen LogP contribution >= 0.6 is 0 Å². The zero-order valence-electron chi connectivity index (χ0n) is 16.4. The van der Waals surface area contributed by atoms with Gasteiger partial charge in [0.2, 0.25) is 5.91 Å². The lowest BCUT2D eigenvalue weighted by molar-refractivity contribution is -0.170. The largest absolute Gasteiger partial charge is 0.491 e. The van der Waals surface area contributed by atoms with E-state index in [4.69, 9.17) is 15.2 Å². The van der Waals surface area contributed by atoms with Gasteiger partial charge in [-0.25, -0.2) is 0 Å². The Morgan fingerprint density at radius 3 is 2.46 bits per heavy atom. The monoisotopic (exact) mass is 364 g/mol. The van der Waals surface area contributed by atoms with Crippen molar-refractivity contribution in [2.24, 2.45) is 11.1 Å². The molecule has 0 bridgehead atoms. The summed E-state index contributed by atoms with van der Waals surface area (Å²) in [7, 11) is 0. The Balaban J connectivity index is 1.91. The zero-order chi connectivity index (χ0) is 19.5. The van der Waals surface area contributed by atoms with E-state index in [0.717, 1.165) is 5.75 Å². The minimum absolute atomic E-state index is 0.0262. The number of rotatable bonds is 8. The fraction of sp³-hybridized carbons (Fsp3) is 0.650. The standard InChI is InChI=1S/C20H32N2O4/c1-6-25-17-11-20(21,19(17,4)5)18(24)22-12-16(23)14-7-9-15(10-8-14)26-13(2)3/h7-10,13,16-17,23H,6,11-12,21H2,1-5H3,(H,22,24). The second kappa shape index (κ2) is 7.94. The summed E-state index contributed by atoms with van der Waals surface area (Å²) in [5.41, 5.74) is 5.63. The maximum Gasteiger partial charge on any atom is 0.240 e. The summed E-state index contributed by atoms with van der Waals surface area (Å²) in [4.78, 5) is 12.6. The van der Waals surface area contributed by atoms with Crippen LogP contribution in [0.4, 0.5) is 0 Å². The smallest absolute Gasteiger partial charge is 0.240 e. The van der Waals surface area contributed by atoms with Crippen LogP contribution in [0.2, 0.25) is 0 Å². The van der Waals surface area contributed by atoms with Crippen molar-refractivity contribution < 1.29 is 19.4 Å². The number of nitrogens with one attached hydrogen (secondary N) is 1. The molecular weight excluding hydrogens is 332 g/mol. The summed E-state index contributed by atoms with van der Waals surface area (Å²) in [5, 5.41) is 13.1. The van der Waals surface area contributed by atoms with Gasteiger partial charge >= 0.3 is 0 Å². The van der Waals surface area contributed by atoms with E-state index < -0.39 is 17.1 Å². The fourth-order valence-corrected chi connectivity index (χ4v) is 3.33.